The third kappa shape index (κ3) is 11.1. The van der Waals surface area contributed by atoms with E-state index in [4.69, 9.17) is 19.7 Å². The minimum atomic E-state index is -2.69. The van der Waals surface area contributed by atoms with Crippen molar-refractivity contribution in [3.05, 3.63) is 0 Å². The first-order valence-corrected chi connectivity index (χ1v) is 6.50. The zero-order valence-electron chi connectivity index (χ0n) is 11.7. The smallest absolute Gasteiger partial charge is 0.366 e. The Morgan fingerprint density at radius 3 is 2.10 bits per heavy atom. The summed E-state index contributed by atoms with van der Waals surface area (Å²) in [6.45, 7) is 0.564. The summed E-state index contributed by atoms with van der Waals surface area (Å²) in [5, 5.41) is 35.6. The molecule has 0 aliphatic rings. The molecule has 124 valence electrons. The van der Waals surface area contributed by atoms with Gasteiger partial charge in [0.25, 0.3) is 5.79 Å². The van der Waals surface area contributed by atoms with Crippen molar-refractivity contribution in [3.8, 4) is 0 Å². The molecule has 0 amide bonds. The molecule has 9 heteroatoms. The van der Waals surface area contributed by atoms with Crippen LogP contribution in [0.4, 0.5) is 0 Å². The van der Waals surface area contributed by atoms with Gasteiger partial charge in [-0.05, 0) is 6.42 Å². The highest BCUT2D eigenvalue weighted by Gasteiger charge is 2.34. The van der Waals surface area contributed by atoms with Gasteiger partial charge in [-0.25, -0.2) is 4.79 Å². The first-order chi connectivity index (χ1) is 9.90. The van der Waals surface area contributed by atoms with Gasteiger partial charge in [-0.2, -0.15) is 0 Å². The zero-order chi connectivity index (χ0) is 16.1. The Bertz CT molecular complexity index is 303. The van der Waals surface area contributed by atoms with E-state index >= 15 is 0 Å². The first kappa shape index (κ1) is 19.7. The standard InChI is InChI=1S/C12H22O9/c13-4-5-19-6-7-20-8-9-21-11(16)12(17,18)3-1-2-10(14)15/h13,17-18H,1-9H2,(H,14,15). The number of carboxylic acids is 1. The number of hydrogen-bond donors (Lipinski definition) is 4. The van der Waals surface area contributed by atoms with Crippen molar-refractivity contribution >= 4 is 11.9 Å². The van der Waals surface area contributed by atoms with E-state index in [1.54, 1.807) is 0 Å². The average Bonchev–Trinajstić information content (AvgIpc) is 2.40. The second-order valence-corrected chi connectivity index (χ2v) is 4.15. The molecule has 0 aromatic rings. The molecule has 0 aliphatic carbocycles. The van der Waals surface area contributed by atoms with Gasteiger partial charge in [-0.1, -0.05) is 0 Å². The highest BCUT2D eigenvalue weighted by molar-refractivity contribution is 5.77. The minimum Gasteiger partial charge on any atom is -0.481 e. The Kier molecular flexibility index (Phi) is 10.7. The maximum atomic E-state index is 11.3. The molecule has 0 saturated carbocycles. The van der Waals surface area contributed by atoms with Crippen LogP contribution in [0, 0.1) is 0 Å². The predicted octanol–water partition coefficient (Wildman–Crippen LogP) is -1.51. The molecule has 0 heterocycles. The fourth-order valence-electron chi connectivity index (χ4n) is 1.28. The van der Waals surface area contributed by atoms with Gasteiger partial charge in [0, 0.05) is 12.8 Å². The number of aliphatic hydroxyl groups is 3. The fourth-order valence-corrected chi connectivity index (χ4v) is 1.28. The molecule has 21 heavy (non-hydrogen) atoms. The van der Waals surface area contributed by atoms with Crippen molar-refractivity contribution in [1.29, 1.82) is 0 Å². The Balaban J connectivity index is 3.64. The highest BCUT2D eigenvalue weighted by atomic mass is 16.6. The van der Waals surface area contributed by atoms with Gasteiger partial charge in [0.15, 0.2) is 0 Å². The quantitative estimate of drug-likeness (QED) is 0.181. The molecule has 0 spiro atoms. The Morgan fingerprint density at radius 2 is 1.52 bits per heavy atom. The zero-order valence-corrected chi connectivity index (χ0v) is 11.7. The van der Waals surface area contributed by atoms with Crippen LogP contribution in [0.25, 0.3) is 0 Å². The third-order valence-electron chi connectivity index (χ3n) is 2.31. The number of rotatable bonds is 13. The molecule has 0 atom stereocenters. The predicted molar refractivity (Wildman–Crippen MR) is 68.3 cm³/mol. The summed E-state index contributed by atoms with van der Waals surface area (Å²) in [5.41, 5.74) is 0. The molecule has 0 aliphatic heterocycles. The van der Waals surface area contributed by atoms with Gasteiger partial charge in [0.1, 0.15) is 6.61 Å². The van der Waals surface area contributed by atoms with Crippen molar-refractivity contribution in [3.63, 3.8) is 0 Å². The largest absolute Gasteiger partial charge is 0.481 e. The van der Waals surface area contributed by atoms with E-state index in [0.29, 0.717) is 0 Å². The van der Waals surface area contributed by atoms with Crippen LogP contribution in [0.1, 0.15) is 19.3 Å². The number of hydrogen-bond acceptors (Lipinski definition) is 8. The molecule has 0 unspecified atom stereocenters. The normalized spacial score (nSPS) is 11.4. The maximum absolute atomic E-state index is 11.3. The number of esters is 1. The van der Waals surface area contributed by atoms with E-state index in [9.17, 15) is 19.8 Å². The SMILES string of the molecule is O=C(O)CCCC(O)(O)C(=O)OCCOCCOCCO. The van der Waals surface area contributed by atoms with Crippen LogP contribution in [0.15, 0.2) is 0 Å². The van der Waals surface area contributed by atoms with Crippen molar-refractivity contribution in [1.82, 2.24) is 0 Å². The molecule has 0 rings (SSSR count). The molecule has 4 N–H and O–H groups in total. The van der Waals surface area contributed by atoms with Crippen molar-refractivity contribution in [2.24, 2.45) is 0 Å². The van der Waals surface area contributed by atoms with Gasteiger partial charge in [0.05, 0.1) is 33.0 Å². The van der Waals surface area contributed by atoms with Crippen molar-refractivity contribution in [2.75, 3.05) is 39.6 Å². The monoisotopic (exact) mass is 310 g/mol. The van der Waals surface area contributed by atoms with Gasteiger partial charge in [-0.15, -0.1) is 0 Å². The van der Waals surface area contributed by atoms with Gasteiger partial charge < -0.3 is 34.6 Å². The lowest BCUT2D eigenvalue weighted by molar-refractivity contribution is -0.213. The topological polar surface area (TPSA) is 143 Å². The molecule has 0 bridgehead atoms. The van der Waals surface area contributed by atoms with E-state index in [1.807, 2.05) is 0 Å². The first-order valence-electron chi connectivity index (χ1n) is 6.50. The second-order valence-electron chi connectivity index (χ2n) is 4.15. The maximum Gasteiger partial charge on any atom is 0.366 e. The summed E-state index contributed by atoms with van der Waals surface area (Å²) in [4.78, 5) is 21.6. The Labute approximate surface area is 122 Å². The molecule has 0 saturated heterocycles. The summed E-state index contributed by atoms with van der Waals surface area (Å²) in [6.07, 6.45) is -0.753. The lowest BCUT2D eigenvalue weighted by Crippen LogP contribution is -2.40. The Morgan fingerprint density at radius 1 is 0.952 bits per heavy atom. The number of aliphatic hydroxyl groups excluding tert-OH is 1. The summed E-state index contributed by atoms with van der Waals surface area (Å²) in [6, 6.07) is 0. The summed E-state index contributed by atoms with van der Waals surface area (Å²) in [5.74, 6) is -5.02. The molecular formula is C12H22O9. The summed E-state index contributed by atoms with van der Waals surface area (Å²) < 4.78 is 14.5. The summed E-state index contributed by atoms with van der Waals surface area (Å²) in [7, 11) is 0. The van der Waals surface area contributed by atoms with Gasteiger partial charge in [-0.3, -0.25) is 4.79 Å². The minimum absolute atomic E-state index is 0.0550. The van der Waals surface area contributed by atoms with Crippen LogP contribution in [-0.2, 0) is 23.8 Å². The van der Waals surface area contributed by atoms with Crippen LogP contribution in [-0.4, -0.2) is 77.8 Å². The van der Waals surface area contributed by atoms with Gasteiger partial charge in [0.2, 0.25) is 0 Å². The average molecular weight is 310 g/mol. The number of carboxylic acid groups (broad SMARTS) is 1. The number of ether oxygens (including phenoxy) is 3. The van der Waals surface area contributed by atoms with Gasteiger partial charge >= 0.3 is 11.9 Å². The van der Waals surface area contributed by atoms with E-state index < -0.39 is 24.1 Å². The third-order valence-corrected chi connectivity index (χ3v) is 2.31. The lowest BCUT2D eigenvalue weighted by atomic mass is 10.1. The number of aliphatic carboxylic acids is 1. The fraction of sp³-hybridized carbons (Fsp3) is 0.833. The van der Waals surface area contributed by atoms with Crippen LogP contribution in [0.2, 0.25) is 0 Å². The Hall–Kier alpha value is -1.26. The van der Waals surface area contributed by atoms with E-state index in [1.165, 1.54) is 0 Å². The van der Waals surface area contributed by atoms with Crippen LogP contribution in [0.3, 0.4) is 0 Å². The van der Waals surface area contributed by atoms with Crippen molar-refractivity contribution in [2.45, 2.75) is 25.0 Å². The van der Waals surface area contributed by atoms with Crippen LogP contribution in [0.5, 0.6) is 0 Å². The lowest BCUT2D eigenvalue weighted by Gasteiger charge is -2.19. The molecule has 0 aromatic heterocycles. The van der Waals surface area contributed by atoms with E-state index in [0.717, 1.165) is 0 Å². The van der Waals surface area contributed by atoms with Crippen LogP contribution < -0.4 is 0 Å². The molecule has 9 nitrogen and oxygen atoms in total. The van der Waals surface area contributed by atoms with E-state index in [2.05, 4.69) is 4.74 Å². The van der Waals surface area contributed by atoms with Crippen LogP contribution >= 0.6 is 0 Å². The number of carbonyl (C=O) groups is 2. The second kappa shape index (κ2) is 11.4. The molecule has 0 fully saturated rings. The van der Waals surface area contributed by atoms with Crippen molar-refractivity contribution < 1.29 is 44.2 Å². The van der Waals surface area contributed by atoms with E-state index in [-0.39, 0.29) is 52.5 Å². The molecular weight excluding hydrogens is 288 g/mol. The summed E-state index contributed by atoms with van der Waals surface area (Å²) >= 11 is 0. The molecule has 0 radical (unpaired) electrons. The molecule has 0 aromatic carbocycles. The number of carbonyl (C=O) groups excluding carboxylic acids is 1. The highest BCUT2D eigenvalue weighted by Crippen LogP contribution is 2.12.